The van der Waals surface area contributed by atoms with Crippen LogP contribution in [0.1, 0.15) is 53.4 Å². The topological polar surface area (TPSA) is 59.0 Å². The Bertz CT molecular complexity index is 1240. The molecule has 4 aromatic rings. The molecule has 0 bridgehead atoms. The molecule has 0 saturated heterocycles. The predicted molar refractivity (Wildman–Crippen MR) is 133 cm³/mol. The fraction of sp³-hybridized carbons (Fsp3) is 0.214. The Kier molecular flexibility index (Phi) is 5.47. The van der Waals surface area contributed by atoms with E-state index in [1.54, 1.807) is 6.20 Å². The summed E-state index contributed by atoms with van der Waals surface area (Å²) in [5.41, 5.74) is 4.79. The maximum atomic E-state index is 13.2. The molecule has 5 nitrogen and oxygen atoms in total. The van der Waals surface area contributed by atoms with Gasteiger partial charge in [-0.1, -0.05) is 72.8 Å². The number of carbonyl (C=O) groups is 1. The third-order valence-electron chi connectivity index (χ3n) is 6.27. The lowest BCUT2D eigenvalue weighted by atomic mass is 9.89. The molecule has 1 atom stereocenters. The van der Waals surface area contributed by atoms with E-state index in [-0.39, 0.29) is 17.5 Å². The summed E-state index contributed by atoms with van der Waals surface area (Å²) in [6, 6.07) is 28.9. The fourth-order valence-corrected chi connectivity index (χ4v) is 4.54. The molecule has 1 amide bonds. The van der Waals surface area contributed by atoms with E-state index in [9.17, 15) is 4.79 Å². The van der Waals surface area contributed by atoms with Gasteiger partial charge in [-0.2, -0.15) is 5.10 Å². The minimum absolute atomic E-state index is 0.120. The van der Waals surface area contributed by atoms with E-state index in [1.807, 2.05) is 53.2 Å². The van der Waals surface area contributed by atoms with Gasteiger partial charge in [0, 0.05) is 5.69 Å². The number of nitrogens with one attached hydrogen (secondary N) is 2. The second-order valence-corrected chi connectivity index (χ2v) is 9.26. The first kappa shape index (κ1) is 21.0. The zero-order chi connectivity index (χ0) is 22.8. The second kappa shape index (κ2) is 8.58. The van der Waals surface area contributed by atoms with Gasteiger partial charge in [0.15, 0.2) is 0 Å². The smallest absolute Gasteiger partial charge is 0.261 e. The lowest BCUT2D eigenvalue weighted by Crippen LogP contribution is -2.38. The molecule has 3 aromatic carbocycles. The molecular formula is C28H28N4O. The number of aromatic nitrogens is 2. The van der Waals surface area contributed by atoms with E-state index in [2.05, 4.69) is 66.0 Å². The number of rotatable bonds is 5. The van der Waals surface area contributed by atoms with E-state index in [0.29, 0.717) is 5.56 Å². The highest BCUT2D eigenvalue weighted by Gasteiger charge is 2.36. The monoisotopic (exact) mass is 436 g/mol. The lowest BCUT2D eigenvalue weighted by molar-refractivity contribution is 0.102. The van der Waals surface area contributed by atoms with Crippen molar-refractivity contribution in [1.29, 1.82) is 0 Å². The van der Waals surface area contributed by atoms with Crippen LogP contribution in [0.15, 0.2) is 91.1 Å². The molecule has 1 aliphatic rings. The van der Waals surface area contributed by atoms with E-state index >= 15 is 0 Å². The average molecular weight is 437 g/mol. The number of fused-ring (bicyclic) bond motifs is 1. The Morgan fingerprint density at radius 2 is 1.61 bits per heavy atom. The van der Waals surface area contributed by atoms with E-state index < -0.39 is 0 Å². The zero-order valence-electron chi connectivity index (χ0n) is 19.0. The van der Waals surface area contributed by atoms with Crippen LogP contribution in [0.2, 0.25) is 0 Å². The van der Waals surface area contributed by atoms with E-state index in [4.69, 9.17) is 0 Å². The minimum Gasteiger partial charge on any atom is -0.363 e. The number of nitrogens with zero attached hydrogens (tertiary/aromatic N) is 2. The summed E-state index contributed by atoms with van der Waals surface area (Å²) in [5, 5.41) is 11.2. The van der Waals surface area contributed by atoms with Crippen molar-refractivity contribution >= 4 is 17.4 Å². The predicted octanol–water partition coefficient (Wildman–Crippen LogP) is 6.02. The molecule has 0 aliphatic carbocycles. The third-order valence-corrected chi connectivity index (χ3v) is 6.27. The Labute approximate surface area is 194 Å². The van der Waals surface area contributed by atoms with Crippen LogP contribution in [0.5, 0.6) is 0 Å². The van der Waals surface area contributed by atoms with E-state index in [1.165, 1.54) is 16.7 Å². The molecule has 1 unspecified atom stereocenters. The van der Waals surface area contributed by atoms with Crippen LogP contribution in [-0.4, -0.2) is 15.7 Å². The molecule has 5 heteroatoms. The van der Waals surface area contributed by atoms with Gasteiger partial charge in [-0.15, -0.1) is 0 Å². The number of anilines is 2. The molecule has 5 rings (SSSR count). The summed E-state index contributed by atoms with van der Waals surface area (Å²) in [4.78, 5) is 13.2. The van der Waals surface area contributed by atoms with Gasteiger partial charge in [0.1, 0.15) is 11.4 Å². The number of hydrogen-bond acceptors (Lipinski definition) is 3. The summed E-state index contributed by atoms with van der Waals surface area (Å²) in [6.45, 7) is 4.32. The first-order valence-electron chi connectivity index (χ1n) is 11.3. The molecule has 2 N–H and O–H groups in total. The quantitative estimate of drug-likeness (QED) is 0.402. The van der Waals surface area contributed by atoms with Crippen molar-refractivity contribution in [2.45, 2.75) is 38.3 Å². The highest BCUT2D eigenvalue weighted by Crippen LogP contribution is 2.40. The average Bonchev–Trinajstić information content (AvgIpc) is 3.27. The summed E-state index contributed by atoms with van der Waals surface area (Å²) < 4.78 is 1.93. The Balaban J connectivity index is 1.34. The lowest BCUT2D eigenvalue weighted by Gasteiger charge is -2.38. The van der Waals surface area contributed by atoms with Crippen LogP contribution in [0, 0.1) is 0 Å². The van der Waals surface area contributed by atoms with Crippen LogP contribution in [0.3, 0.4) is 0 Å². The molecule has 166 valence electrons. The second-order valence-electron chi connectivity index (χ2n) is 9.26. The number of hydrogen-bond donors (Lipinski definition) is 2. The Hall–Kier alpha value is -3.86. The molecule has 1 aliphatic heterocycles. The molecule has 33 heavy (non-hydrogen) atoms. The highest BCUT2D eigenvalue weighted by atomic mass is 16.1. The Morgan fingerprint density at radius 1 is 0.970 bits per heavy atom. The van der Waals surface area contributed by atoms with Gasteiger partial charge in [-0.25, -0.2) is 4.68 Å². The highest BCUT2D eigenvalue weighted by molar-refractivity contribution is 6.07. The van der Waals surface area contributed by atoms with Gasteiger partial charge in [0.25, 0.3) is 5.91 Å². The maximum absolute atomic E-state index is 13.2. The summed E-state index contributed by atoms with van der Waals surface area (Å²) in [5.74, 6) is 0.599. The molecule has 0 spiro atoms. The number of benzene rings is 3. The van der Waals surface area contributed by atoms with Crippen molar-refractivity contribution in [3.8, 4) is 0 Å². The van der Waals surface area contributed by atoms with Gasteiger partial charge >= 0.3 is 0 Å². The molecule has 2 heterocycles. The first-order valence-corrected chi connectivity index (χ1v) is 11.3. The van der Waals surface area contributed by atoms with E-state index in [0.717, 1.165) is 24.3 Å². The third kappa shape index (κ3) is 4.40. The standard InChI is InChI=1S/C28H28N4O/c1-28(2)18-25(22-11-7-4-8-12-22)31-26-24(19-29-32(26)28)27(33)30-23-15-13-21(14-16-23)17-20-9-5-3-6-10-20/h3-16,19,25,31H,17-18H2,1-2H3,(H,30,33). The zero-order valence-corrected chi connectivity index (χ0v) is 19.0. The van der Waals surface area contributed by atoms with Crippen molar-refractivity contribution in [2.24, 2.45) is 0 Å². The van der Waals surface area contributed by atoms with Gasteiger partial charge in [-0.05, 0) is 55.5 Å². The summed E-state index contributed by atoms with van der Waals surface area (Å²) >= 11 is 0. The number of amides is 1. The maximum Gasteiger partial charge on any atom is 0.261 e. The van der Waals surface area contributed by atoms with Crippen molar-refractivity contribution < 1.29 is 4.79 Å². The SMILES string of the molecule is CC1(C)CC(c2ccccc2)Nc2c(C(=O)Nc3ccc(Cc4ccccc4)cc3)cnn21. The van der Waals surface area contributed by atoms with Crippen molar-refractivity contribution in [3.63, 3.8) is 0 Å². The van der Waals surface area contributed by atoms with Crippen molar-refractivity contribution in [2.75, 3.05) is 10.6 Å². The Morgan fingerprint density at radius 3 is 2.30 bits per heavy atom. The molecule has 0 saturated carbocycles. The van der Waals surface area contributed by atoms with Crippen LogP contribution in [0.4, 0.5) is 11.5 Å². The molecule has 0 fully saturated rings. The van der Waals surface area contributed by atoms with Gasteiger partial charge in [0.2, 0.25) is 0 Å². The van der Waals surface area contributed by atoms with Crippen molar-refractivity contribution in [1.82, 2.24) is 9.78 Å². The van der Waals surface area contributed by atoms with Crippen LogP contribution < -0.4 is 10.6 Å². The summed E-state index contributed by atoms with van der Waals surface area (Å²) in [6.07, 6.45) is 3.41. The van der Waals surface area contributed by atoms with Gasteiger partial charge in [-0.3, -0.25) is 4.79 Å². The molecule has 0 radical (unpaired) electrons. The molecule has 1 aromatic heterocycles. The minimum atomic E-state index is -0.210. The fourth-order valence-electron chi connectivity index (χ4n) is 4.54. The largest absolute Gasteiger partial charge is 0.363 e. The number of carbonyl (C=O) groups excluding carboxylic acids is 1. The van der Waals surface area contributed by atoms with Crippen molar-refractivity contribution in [3.05, 3.63) is 113 Å². The first-order chi connectivity index (χ1) is 16.0. The molecular weight excluding hydrogens is 408 g/mol. The van der Waals surface area contributed by atoms with Crippen LogP contribution in [-0.2, 0) is 12.0 Å². The van der Waals surface area contributed by atoms with Crippen LogP contribution >= 0.6 is 0 Å². The van der Waals surface area contributed by atoms with Crippen LogP contribution in [0.25, 0.3) is 0 Å². The summed E-state index contributed by atoms with van der Waals surface area (Å²) in [7, 11) is 0. The van der Waals surface area contributed by atoms with Gasteiger partial charge in [0.05, 0.1) is 17.8 Å². The normalized spacial score (nSPS) is 16.5. The van der Waals surface area contributed by atoms with Gasteiger partial charge < -0.3 is 10.6 Å².